The third-order valence-electron chi connectivity index (χ3n) is 1.61. The third kappa shape index (κ3) is 9.03. The number of rotatable bonds is 8. The van der Waals surface area contributed by atoms with Crippen molar-refractivity contribution in [3.8, 4) is 0 Å². The molecular weight excluding hydrogens is 174 g/mol. The van der Waals surface area contributed by atoms with E-state index in [1.807, 2.05) is 0 Å². The van der Waals surface area contributed by atoms with Crippen LogP contribution in [0.5, 0.6) is 0 Å². The molecule has 0 saturated heterocycles. The Kier molecular flexibility index (Phi) is 8.59. The molecule has 0 atom stereocenters. The predicted octanol–water partition coefficient (Wildman–Crippen LogP) is 1.83. The molecule has 0 spiro atoms. The smallest absolute Gasteiger partial charge is 0.106 e. The van der Waals surface area contributed by atoms with Gasteiger partial charge in [-0.25, -0.2) is 5.26 Å². The minimum absolute atomic E-state index is 0.0970. The van der Waals surface area contributed by atoms with E-state index in [-0.39, 0.29) is 4.97 Å². The Morgan fingerprint density at radius 3 is 2.69 bits per heavy atom. The van der Waals surface area contributed by atoms with Crippen molar-refractivity contribution in [2.24, 2.45) is 5.11 Å². The van der Waals surface area contributed by atoms with Gasteiger partial charge in [-0.1, -0.05) is 37.6 Å². The molecule has 0 bridgehead atoms. The monoisotopic (exact) mass is 191 g/mol. The Balaban J connectivity index is 3.18. The van der Waals surface area contributed by atoms with Gasteiger partial charge in [0.05, 0.1) is 4.97 Å². The lowest BCUT2D eigenvalue weighted by atomic mass is 10.2. The molecule has 0 aromatic carbocycles. The Bertz CT molecular complexity index is 141. The second kappa shape index (κ2) is 9.21. The van der Waals surface area contributed by atoms with Gasteiger partial charge in [0.25, 0.3) is 0 Å². The van der Waals surface area contributed by atoms with E-state index in [4.69, 9.17) is 5.26 Å². The highest BCUT2D eigenvalue weighted by atomic mass is 17.2. The maximum Gasteiger partial charge on any atom is 0.106 e. The van der Waals surface area contributed by atoms with Gasteiger partial charge in [-0.15, -0.1) is 0 Å². The number of nitrogens with zero attached hydrogens (tertiary/aromatic N) is 2. The first kappa shape index (κ1) is 12.1. The lowest BCUT2D eigenvalue weighted by Gasteiger charge is -1.97. The summed E-state index contributed by atoms with van der Waals surface area (Å²) in [6.45, 7) is 2.59. The number of unbranched alkanes of at least 4 members (excludes halogenated alkanes) is 4. The summed E-state index contributed by atoms with van der Waals surface area (Å²) in [5, 5.41) is 21.8. The van der Waals surface area contributed by atoms with Crippen LogP contribution in [0.3, 0.4) is 0 Å². The van der Waals surface area contributed by atoms with Crippen LogP contribution in [-0.2, 0) is 4.99 Å². The Labute approximate surface area is 77.6 Å². The van der Waals surface area contributed by atoms with Crippen molar-refractivity contribution in [1.29, 1.82) is 0 Å². The van der Waals surface area contributed by atoms with Crippen LogP contribution >= 0.6 is 0 Å². The van der Waals surface area contributed by atoms with E-state index in [1.165, 1.54) is 19.3 Å². The largest absolute Gasteiger partial charge is 0.570 e. The van der Waals surface area contributed by atoms with Crippen LogP contribution in [0.1, 0.15) is 39.0 Å². The van der Waals surface area contributed by atoms with Crippen LogP contribution in [0.2, 0.25) is 0 Å². The molecule has 0 saturated carbocycles. The highest BCUT2D eigenvalue weighted by Crippen LogP contribution is 2.01. The van der Waals surface area contributed by atoms with Crippen molar-refractivity contribution in [1.82, 2.24) is 5.59 Å². The first-order valence-corrected chi connectivity index (χ1v) is 4.52. The fourth-order valence-corrected chi connectivity index (χ4v) is 0.941. The molecule has 0 aromatic rings. The second-order valence-corrected chi connectivity index (χ2v) is 2.73. The lowest BCUT2D eigenvalue weighted by molar-refractivity contribution is -0.680. The van der Waals surface area contributed by atoms with E-state index in [0.717, 1.165) is 12.8 Å². The van der Waals surface area contributed by atoms with Crippen molar-refractivity contribution >= 4 is 0 Å². The van der Waals surface area contributed by atoms with Gasteiger partial charge < -0.3 is 5.21 Å². The van der Waals surface area contributed by atoms with Crippen LogP contribution in [0.25, 0.3) is 0 Å². The fraction of sp³-hybridized carbons (Fsp3) is 1.00. The van der Waals surface area contributed by atoms with E-state index < -0.39 is 0 Å². The maximum absolute atomic E-state index is 10.5. The van der Waals surface area contributed by atoms with Gasteiger partial charge in [-0.05, 0) is 6.42 Å². The number of hydrogen-bond acceptors (Lipinski definition) is 4. The van der Waals surface area contributed by atoms with Crippen molar-refractivity contribution in [2.75, 3.05) is 6.54 Å². The van der Waals surface area contributed by atoms with Crippen LogP contribution < -0.4 is 5.59 Å². The molecule has 0 aliphatic carbocycles. The minimum atomic E-state index is 0.0970. The number of hydrazine groups is 1. The zero-order valence-electron chi connectivity index (χ0n) is 7.90. The summed E-state index contributed by atoms with van der Waals surface area (Å²) < 4.78 is 0. The van der Waals surface area contributed by atoms with E-state index >= 15 is 0 Å². The van der Waals surface area contributed by atoms with E-state index in [1.54, 1.807) is 5.59 Å². The summed E-state index contributed by atoms with van der Waals surface area (Å²) in [4.78, 5) is 3.47. The molecule has 0 heterocycles. The molecule has 0 radical (unpaired) electrons. The molecular formula is C7H17N3O3. The highest BCUT2D eigenvalue weighted by molar-refractivity contribution is 4.42. The van der Waals surface area contributed by atoms with Crippen LogP contribution in [0.4, 0.5) is 0 Å². The molecule has 6 nitrogen and oxygen atoms in total. The predicted molar refractivity (Wildman–Crippen MR) is 46.5 cm³/mol. The fourth-order valence-electron chi connectivity index (χ4n) is 0.941. The van der Waals surface area contributed by atoms with Gasteiger partial charge in [0.1, 0.15) is 6.54 Å². The molecule has 6 heteroatoms. The number of nitrogens with one attached hydrogen (secondary N) is 1. The van der Waals surface area contributed by atoms with Gasteiger partial charge in [-0.3, -0.25) is 0 Å². The van der Waals surface area contributed by atoms with E-state index in [0.29, 0.717) is 6.54 Å². The van der Waals surface area contributed by atoms with Gasteiger partial charge in [0.15, 0.2) is 0 Å². The molecule has 0 fully saturated rings. The van der Waals surface area contributed by atoms with Crippen LogP contribution in [0.15, 0.2) is 5.11 Å². The average molecular weight is 191 g/mol. The van der Waals surface area contributed by atoms with Crippen molar-refractivity contribution in [2.45, 2.75) is 39.0 Å². The average Bonchev–Trinajstić information content (AvgIpc) is 2.11. The van der Waals surface area contributed by atoms with Gasteiger partial charge in [0, 0.05) is 10.7 Å². The molecule has 0 aliphatic heterocycles. The van der Waals surface area contributed by atoms with Gasteiger partial charge in [0.2, 0.25) is 0 Å². The number of hydrogen-bond donors (Lipinski definition) is 2. The topological polar surface area (TPSA) is 79.9 Å². The molecule has 2 N–H and O–H groups in total. The molecule has 0 amide bonds. The second-order valence-electron chi connectivity index (χ2n) is 2.73. The molecule has 0 rings (SSSR count). The summed E-state index contributed by atoms with van der Waals surface area (Å²) >= 11 is 0. The first-order valence-electron chi connectivity index (χ1n) is 4.52. The van der Waals surface area contributed by atoms with Crippen molar-refractivity contribution in [3.05, 3.63) is 5.21 Å². The molecule has 0 aromatic heterocycles. The Morgan fingerprint density at radius 2 is 2.08 bits per heavy atom. The molecule has 0 aliphatic rings. The summed E-state index contributed by atoms with van der Waals surface area (Å²) in [7, 11) is 0. The SMILES string of the molecule is CCCCCCCN=[N+]([O-])NOO. The summed E-state index contributed by atoms with van der Waals surface area (Å²) in [6.07, 6.45) is 5.55. The van der Waals surface area contributed by atoms with E-state index in [2.05, 4.69) is 17.0 Å². The Morgan fingerprint density at radius 1 is 1.38 bits per heavy atom. The van der Waals surface area contributed by atoms with Gasteiger partial charge in [-0.2, -0.15) is 0 Å². The summed E-state index contributed by atoms with van der Waals surface area (Å²) in [6, 6.07) is 0. The first-order chi connectivity index (χ1) is 6.31. The molecule has 13 heavy (non-hydrogen) atoms. The van der Waals surface area contributed by atoms with Crippen molar-refractivity contribution in [3.63, 3.8) is 0 Å². The summed E-state index contributed by atoms with van der Waals surface area (Å²) in [5.74, 6) is 0. The highest BCUT2D eigenvalue weighted by Gasteiger charge is 1.92. The normalized spacial score (nSPS) is 11.7. The zero-order chi connectivity index (χ0) is 9.94. The quantitative estimate of drug-likeness (QED) is 0.202. The third-order valence-corrected chi connectivity index (χ3v) is 1.61. The van der Waals surface area contributed by atoms with Crippen LogP contribution in [-0.4, -0.2) is 16.8 Å². The standard InChI is InChI=1S/C7H17N3O3/c1-2-3-4-5-6-7-8-10(11)9-13-12/h12H,2-7H2,1H3,(H,8,9). The zero-order valence-corrected chi connectivity index (χ0v) is 7.90. The van der Waals surface area contributed by atoms with Crippen molar-refractivity contribution < 1.29 is 15.2 Å². The Hall–Kier alpha value is -0.880. The lowest BCUT2D eigenvalue weighted by Crippen LogP contribution is -2.21. The van der Waals surface area contributed by atoms with Crippen LogP contribution in [0, 0.1) is 5.21 Å². The molecule has 78 valence electrons. The van der Waals surface area contributed by atoms with E-state index in [9.17, 15) is 5.21 Å². The van der Waals surface area contributed by atoms with Gasteiger partial charge >= 0.3 is 0 Å². The maximum atomic E-state index is 10.5. The minimum Gasteiger partial charge on any atom is -0.570 e. The molecule has 0 unspecified atom stereocenters. The summed E-state index contributed by atoms with van der Waals surface area (Å²) in [5.41, 5.74) is 1.61.